The first-order chi connectivity index (χ1) is 8.49. The molecule has 0 amide bonds. The van der Waals surface area contributed by atoms with E-state index in [0.717, 1.165) is 5.82 Å². The van der Waals surface area contributed by atoms with Gasteiger partial charge in [-0.3, -0.25) is 4.98 Å². The highest BCUT2D eigenvalue weighted by Gasteiger charge is 2.09. The quantitative estimate of drug-likeness (QED) is 0.897. The number of carboxylic acids is 1. The van der Waals surface area contributed by atoms with Gasteiger partial charge in [-0.05, 0) is 32.0 Å². The fraction of sp³-hybridized carbons (Fsp3) is 0.308. The van der Waals surface area contributed by atoms with Crippen LogP contribution < -0.4 is 4.90 Å². The Morgan fingerprint density at radius 1 is 1.33 bits per heavy atom. The molecule has 0 fully saturated rings. The molecule has 1 heterocycles. The van der Waals surface area contributed by atoms with Gasteiger partial charge in [-0.2, -0.15) is 0 Å². The number of nitrogens with zero attached hydrogens (tertiary/aromatic N) is 3. The van der Waals surface area contributed by atoms with Crippen LogP contribution in [0.5, 0.6) is 0 Å². The van der Waals surface area contributed by atoms with Crippen molar-refractivity contribution in [3.05, 3.63) is 30.0 Å². The fourth-order valence-electron chi connectivity index (χ4n) is 1.57. The van der Waals surface area contributed by atoms with Gasteiger partial charge in [-0.1, -0.05) is 0 Å². The highest BCUT2D eigenvalue weighted by molar-refractivity contribution is 5.92. The first-order valence-corrected chi connectivity index (χ1v) is 5.72. The third-order valence-electron chi connectivity index (χ3n) is 2.91. The van der Waals surface area contributed by atoms with E-state index in [1.807, 2.05) is 11.9 Å². The summed E-state index contributed by atoms with van der Waals surface area (Å²) in [7, 11) is 1.95. The van der Waals surface area contributed by atoms with Crippen molar-refractivity contribution in [2.75, 3.05) is 11.9 Å². The molecule has 0 aliphatic heterocycles. The van der Waals surface area contributed by atoms with Gasteiger partial charge in [0, 0.05) is 13.1 Å². The van der Waals surface area contributed by atoms with E-state index >= 15 is 0 Å². The molecule has 2 rings (SSSR count). The first kappa shape index (κ1) is 12.3. The Morgan fingerprint density at radius 2 is 2.06 bits per heavy atom. The Kier molecular flexibility index (Phi) is 3.14. The second-order valence-electron chi connectivity index (χ2n) is 4.44. The number of aromatic carboxylic acids is 1. The van der Waals surface area contributed by atoms with Crippen LogP contribution in [0, 0.1) is 0 Å². The van der Waals surface area contributed by atoms with E-state index in [2.05, 4.69) is 23.8 Å². The number of anilines is 1. The smallest absolute Gasteiger partial charge is 0.335 e. The van der Waals surface area contributed by atoms with Crippen LogP contribution in [0.3, 0.4) is 0 Å². The lowest BCUT2D eigenvalue weighted by Gasteiger charge is -2.22. The van der Waals surface area contributed by atoms with Gasteiger partial charge in [0.2, 0.25) is 0 Å². The largest absolute Gasteiger partial charge is 0.478 e. The summed E-state index contributed by atoms with van der Waals surface area (Å²) in [6.45, 7) is 4.14. The molecule has 5 heteroatoms. The first-order valence-electron chi connectivity index (χ1n) is 5.72. The van der Waals surface area contributed by atoms with Crippen LogP contribution in [0.25, 0.3) is 11.0 Å². The average molecular weight is 245 g/mol. The van der Waals surface area contributed by atoms with E-state index in [4.69, 9.17) is 5.11 Å². The third-order valence-corrected chi connectivity index (χ3v) is 2.91. The van der Waals surface area contributed by atoms with Crippen molar-refractivity contribution in [2.24, 2.45) is 0 Å². The molecule has 0 saturated heterocycles. The molecule has 0 bridgehead atoms. The van der Waals surface area contributed by atoms with Gasteiger partial charge < -0.3 is 10.0 Å². The minimum atomic E-state index is -0.956. The lowest BCUT2D eigenvalue weighted by Crippen LogP contribution is -2.26. The predicted octanol–water partition coefficient (Wildman–Crippen LogP) is 2.17. The van der Waals surface area contributed by atoms with E-state index in [1.54, 1.807) is 18.3 Å². The van der Waals surface area contributed by atoms with E-state index in [0.29, 0.717) is 17.1 Å². The Labute approximate surface area is 105 Å². The highest BCUT2D eigenvalue weighted by Crippen LogP contribution is 2.17. The minimum Gasteiger partial charge on any atom is -0.478 e. The molecule has 1 N–H and O–H groups in total. The third kappa shape index (κ3) is 2.25. The van der Waals surface area contributed by atoms with Crippen molar-refractivity contribution in [3.8, 4) is 0 Å². The van der Waals surface area contributed by atoms with Crippen LogP contribution in [-0.2, 0) is 0 Å². The van der Waals surface area contributed by atoms with Crippen molar-refractivity contribution in [2.45, 2.75) is 19.9 Å². The van der Waals surface area contributed by atoms with E-state index in [1.165, 1.54) is 6.07 Å². The minimum absolute atomic E-state index is 0.224. The van der Waals surface area contributed by atoms with E-state index in [-0.39, 0.29) is 5.56 Å². The summed E-state index contributed by atoms with van der Waals surface area (Å²) in [5.41, 5.74) is 1.52. The monoisotopic (exact) mass is 245 g/mol. The molecule has 0 aliphatic carbocycles. The van der Waals surface area contributed by atoms with E-state index < -0.39 is 5.97 Å². The Hall–Kier alpha value is -2.17. The van der Waals surface area contributed by atoms with Crippen molar-refractivity contribution in [1.29, 1.82) is 0 Å². The molecular formula is C13H15N3O2. The Morgan fingerprint density at radius 3 is 2.67 bits per heavy atom. The Bertz CT molecular complexity index is 596. The van der Waals surface area contributed by atoms with Crippen molar-refractivity contribution < 1.29 is 9.90 Å². The molecule has 5 nitrogen and oxygen atoms in total. The van der Waals surface area contributed by atoms with Crippen molar-refractivity contribution in [3.63, 3.8) is 0 Å². The zero-order chi connectivity index (χ0) is 13.3. The van der Waals surface area contributed by atoms with E-state index in [9.17, 15) is 4.79 Å². The summed E-state index contributed by atoms with van der Waals surface area (Å²) in [5, 5.41) is 8.90. The van der Waals surface area contributed by atoms with Gasteiger partial charge >= 0.3 is 5.97 Å². The second-order valence-corrected chi connectivity index (χ2v) is 4.44. The molecule has 0 aliphatic rings. The summed E-state index contributed by atoms with van der Waals surface area (Å²) in [4.78, 5) is 21.6. The number of aromatic nitrogens is 2. The number of benzene rings is 1. The molecule has 0 spiro atoms. The van der Waals surface area contributed by atoms with Gasteiger partial charge in [-0.25, -0.2) is 9.78 Å². The Balaban J connectivity index is 2.47. The second kappa shape index (κ2) is 4.60. The maximum Gasteiger partial charge on any atom is 0.335 e. The van der Waals surface area contributed by atoms with Crippen LogP contribution in [0.2, 0.25) is 0 Å². The summed E-state index contributed by atoms with van der Waals surface area (Å²) in [6, 6.07) is 5.08. The number of hydrogen-bond donors (Lipinski definition) is 1. The van der Waals surface area contributed by atoms with Gasteiger partial charge in [0.15, 0.2) is 0 Å². The summed E-state index contributed by atoms with van der Waals surface area (Å²) in [6.07, 6.45) is 1.66. The molecule has 18 heavy (non-hydrogen) atoms. The normalized spacial score (nSPS) is 10.9. The SMILES string of the molecule is CC(C)N(C)c1cnc2cc(C(=O)O)ccc2n1. The summed E-state index contributed by atoms with van der Waals surface area (Å²) < 4.78 is 0. The molecule has 94 valence electrons. The summed E-state index contributed by atoms with van der Waals surface area (Å²) >= 11 is 0. The number of carboxylic acid groups (broad SMARTS) is 1. The number of rotatable bonds is 3. The topological polar surface area (TPSA) is 66.3 Å². The van der Waals surface area contributed by atoms with Crippen molar-refractivity contribution >= 4 is 22.8 Å². The number of fused-ring (bicyclic) bond motifs is 1. The van der Waals surface area contributed by atoms with Gasteiger partial charge in [0.05, 0.1) is 22.8 Å². The van der Waals surface area contributed by atoms with Crippen LogP contribution in [-0.4, -0.2) is 34.1 Å². The molecular weight excluding hydrogens is 230 g/mol. The predicted molar refractivity (Wildman–Crippen MR) is 70.0 cm³/mol. The molecule has 1 aromatic heterocycles. The zero-order valence-corrected chi connectivity index (χ0v) is 10.6. The van der Waals surface area contributed by atoms with Crippen LogP contribution >= 0.6 is 0 Å². The number of hydrogen-bond acceptors (Lipinski definition) is 4. The fourth-order valence-corrected chi connectivity index (χ4v) is 1.57. The summed E-state index contributed by atoms with van der Waals surface area (Å²) in [5.74, 6) is -0.178. The lowest BCUT2D eigenvalue weighted by molar-refractivity contribution is 0.0697. The van der Waals surface area contributed by atoms with Crippen molar-refractivity contribution in [1.82, 2.24) is 9.97 Å². The standard InChI is InChI=1S/C13H15N3O2/c1-8(2)16(3)12-7-14-11-6-9(13(17)18)4-5-10(11)15-12/h4-8H,1-3H3,(H,17,18). The molecule has 0 atom stereocenters. The van der Waals surface area contributed by atoms with Gasteiger partial charge in [-0.15, -0.1) is 0 Å². The lowest BCUT2D eigenvalue weighted by atomic mass is 10.2. The molecule has 0 saturated carbocycles. The maximum atomic E-state index is 10.9. The average Bonchev–Trinajstić information content (AvgIpc) is 2.36. The van der Waals surface area contributed by atoms with Crippen LogP contribution in [0.4, 0.5) is 5.82 Å². The highest BCUT2D eigenvalue weighted by atomic mass is 16.4. The molecule has 1 aromatic carbocycles. The van der Waals surface area contributed by atoms with Gasteiger partial charge in [0.1, 0.15) is 5.82 Å². The maximum absolute atomic E-state index is 10.9. The van der Waals surface area contributed by atoms with Crippen LogP contribution in [0.1, 0.15) is 24.2 Å². The molecule has 0 unspecified atom stereocenters. The molecule has 2 aromatic rings. The van der Waals surface area contributed by atoms with Crippen LogP contribution in [0.15, 0.2) is 24.4 Å². The zero-order valence-electron chi connectivity index (χ0n) is 10.6. The number of carbonyl (C=O) groups is 1. The van der Waals surface area contributed by atoms with Gasteiger partial charge in [0.25, 0.3) is 0 Å². The molecule has 0 radical (unpaired) electrons.